The molecular weight excluding hydrogens is 188 g/mol. The molecule has 1 heterocycles. The Morgan fingerprint density at radius 3 is 2.47 bits per heavy atom. The first-order chi connectivity index (χ1) is 7.00. The third-order valence-corrected chi connectivity index (χ3v) is 2.46. The van der Waals surface area contributed by atoms with E-state index in [-0.39, 0.29) is 0 Å². The molecule has 0 saturated heterocycles. The first kappa shape index (κ1) is 12.1. The summed E-state index contributed by atoms with van der Waals surface area (Å²) in [5.41, 5.74) is 1.71. The summed E-state index contributed by atoms with van der Waals surface area (Å²) >= 11 is 0. The number of aromatic nitrogens is 2. The Kier molecular flexibility index (Phi) is 4.21. The summed E-state index contributed by atoms with van der Waals surface area (Å²) in [4.78, 5) is 8.66. The van der Waals surface area contributed by atoms with E-state index >= 15 is 0 Å². The maximum absolute atomic E-state index is 9.43. The molecule has 0 aliphatic rings. The molecule has 3 nitrogen and oxygen atoms in total. The molecule has 0 radical (unpaired) electrons. The molecule has 0 aromatic carbocycles. The first-order valence-electron chi connectivity index (χ1n) is 5.51. The van der Waals surface area contributed by atoms with Crippen molar-refractivity contribution in [2.45, 2.75) is 46.6 Å². The molecule has 15 heavy (non-hydrogen) atoms. The Labute approximate surface area is 91.6 Å². The van der Waals surface area contributed by atoms with E-state index in [1.54, 1.807) is 13.1 Å². The van der Waals surface area contributed by atoms with E-state index in [4.69, 9.17) is 0 Å². The first-order valence-corrected chi connectivity index (χ1v) is 5.51. The molecule has 1 aromatic rings. The van der Waals surface area contributed by atoms with Crippen molar-refractivity contribution in [2.75, 3.05) is 0 Å². The van der Waals surface area contributed by atoms with Gasteiger partial charge in [0, 0.05) is 23.9 Å². The van der Waals surface area contributed by atoms with Crippen molar-refractivity contribution >= 4 is 0 Å². The molecule has 1 aromatic heterocycles. The maximum atomic E-state index is 9.43. The van der Waals surface area contributed by atoms with Crippen LogP contribution in [-0.4, -0.2) is 15.1 Å². The van der Waals surface area contributed by atoms with Crippen LogP contribution in [0.4, 0.5) is 0 Å². The number of hydrogen-bond acceptors (Lipinski definition) is 3. The highest BCUT2D eigenvalue weighted by molar-refractivity contribution is 5.18. The molecule has 0 fully saturated rings. The lowest BCUT2D eigenvalue weighted by atomic mass is 10.1. The highest BCUT2D eigenvalue weighted by Gasteiger charge is 2.08. The molecule has 1 rings (SSSR count). The molecule has 0 aliphatic carbocycles. The van der Waals surface area contributed by atoms with Gasteiger partial charge in [0.25, 0.3) is 0 Å². The van der Waals surface area contributed by atoms with Gasteiger partial charge in [0.2, 0.25) is 0 Å². The van der Waals surface area contributed by atoms with Crippen LogP contribution in [0.15, 0.2) is 6.20 Å². The lowest BCUT2D eigenvalue weighted by Gasteiger charge is -2.09. The highest BCUT2D eigenvalue weighted by Crippen LogP contribution is 2.14. The Morgan fingerprint density at radius 2 is 2.00 bits per heavy atom. The lowest BCUT2D eigenvalue weighted by molar-refractivity contribution is 0.197. The van der Waals surface area contributed by atoms with Crippen molar-refractivity contribution in [2.24, 2.45) is 5.92 Å². The van der Waals surface area contributed by atoms with E-state index in [2.05, 4.69) is 23.8 Å². The molecule has 0 aliphatic heterocycles. The van der Waals surface area contributed by atoms with Gasteiger partial charge in [0.1, 0.15) is 5.82 Å². The second-order valence-electron chi connectivity index (χ2n) is 4.44. The van der Waals surface area contributed by atoms with Gasteiger partial charge >= 0.3 is 0 Å². The molecule has 0 bridgehead atoms. The maximum Gasteiger partial charge on any atom is 0.128 e. The molecule has 1 atom stereocenters. The second kappa shape index (κ2) is 5.21. The smallest absolute Gasteiger partial charge is 0.128 e. The zero-order chi connectivity index (χ0) is 11.4. The summed E-state index contributed by atoms with van der Waals surface area (Å²) in [5.74, 6) is 1.55. The average Bonchev–Trinajstić information content (AvgIpc) is 2.14. The van der Waals surface area contributed by atoms with Gasteiger partial charge in [0.05, 0.1) is 6.10 Å². The summed E-state index contributed by atoms with van der Waals surface area (Å²) in [6, 6.07) is 0. The molecule has 0 amide bonds. The zero-order valence-corrected chi connectivity index (χ0v) is 9.99. The summed E-state index contributed by atoms with van der Waals surface area (Å²) in [6.45, 7) is 8.04. The second-order valence-corrected chi connectivity index (χ2v) is 4.44. The fourth-order valence-electron chi connectivity index (χ4n) is 1.47. The Morgan fingerprint density at radius 1 is 1.33 bits per heavy atom. The monoisotopic (exact) mass is 208 g/mol. The molecule has 0 saturated carbocycles. The predicted octanol–water partition coefficient (Wildman–Crippen LogP) is 2.43. The van der Waals surface area contributed by atoms with Crippen LogP contribution in [0.3, 0.4) is 0 Å². The fraction of sp³-hybridized carbons (Fsp3) is 0.667. The summed E-state index contributed by atoms with van der Waals surface area (Å²) in [6.07, 6.45) is 3.28. The normalized spacial score (nSPS) is 13.2. The van der Waals surface area contributed by atoms with Crippen molar-refractivity contribution < 1.29 is 5.11 Å². The average molecular weight is 208 g/mol. The standard InChI is InChI=1S/C12H20N2O/c1-8(2)5-6-12-13-7-11(10(4)15)9(3)14-12/h7-8,10,15H,5-6H2,1-4H3. The minimum absolute atomic E-state index is 0.482. The molecule has 0 spiro atoms. The zero-order valence-electron chi connectivity index (χ0n) is 9.99. The van der Waals surface area contributed by atoms with Crippen molar-refractivity contribution in [3.8, 4) is 0 Å². The Bertz CT molecular complexity index is 321. The van der Waals surface area contributed by atoms with Gasteiger partial charge in [-0.2, -0.15) is 0 Å². The largest absolute Gasteiger partial charge is 0.389 e. The van der Waals surface area contributed by atoms with Gasteiger partial charge < -0.3 is 5.11 Å². The highest BCUT2D eigenvalue weighted by atomic mass is 16.3. The van der Waals surface area contributed by atoms with Crippen molar-refractivity contribution in [1.29, 1.82) is 0 Å². The van der Waals surface area contributed by atoms with Crippen LogP contribution in [0.2, 0.25) is 0 Å². The van der Waals surface area contributed by atoms with Crippen LogP contribution in [-0.2, 0) is 6.42 Å². The number of rotatable bonds is 4. The van der Waals surface area contributed by atoms with Gasteiger partial charge in [-0.05, 0) is 26.2 Å². The number of aliphatic hydroxyl groups excluding tert-OH is 1. The van der Waals surface area contributed by atoms with Gasteiger partial charge in [0.15, 0.2) is 0 Å². The topological polar surface area (TPSA) is 46.0 Å². The van der Waals surface area contributed by atoms with Crippen molar-refractivity contribution in [1.82, 2.24) is 9.97 Å². The fourth-order valence-corrected chi connectivity index (χ4v) is 1.47. The third-order valence-electron chi connectivity index (χ3n) is 2.46. The number of hydrogen-bond donors (Lipinski definition) is 1. The van der Waals surface area contributed by atoms with E-state index in [9.17, 15) is 5.11 Å². The number of aryl methyl sites for hydroxylation is 2. The SMILES string of the molecule is Cc1nc(CCC(C)C)ncc1C(C)O. The molecule has 1 unspecified atom stereocenters. The quantitative estimate of drug-likeness (QED) is 0.826. The van der Waals surface area contributed by atoms with Crippen LogP contribution in [0.5, 0.6) is 0 Å². The van der Waals surface area contributed by atoms with Crippen LogP contribution in [0, 0.1) is 12.8 Å². The predicted molar refractivity (Wildman–Crippen MR) is 60.6 cm³/mol. The van der Waals surface area contributed by atoms with E-state index in [1.165, 1.54) is 0 Å². The lowest BCUT2D eigenvalue weighted by Crippen LogP contribution is -2.04. The minimum Gasteiger partial charge on any atom is -0.389 e. The van der Waals surface area contributed by atoms with Crippen molar-refractivity contribution in [3.05, 3.63) is 23.3 Å². The Hall–Kier alpha value is -0.960. The Balaban J connectivity index is 2.73. The van der Waals surface area contributed by atoms with Gasteiger partial charge in [-0.3, -0.25) is 0 Å². The van der Waals surface area contributed by atoms with E-state index < -0.39 is 6.10 Å². The van der Waals surface area contributed by atoms with Crippen LogP contribution >= 0.6 is 0 Å². The third kappa shape index (κ3) is 3.59. The number of nitrogens with zero attached hydrogens (tertiary/aromatic N) is 2. The van der Waals surface area contributed by atoms with Gasteiger partial charge in [-0.1, -0.05) is 13.8 Å². The van der Waals surface area contributed by atoms with Crippen LogP contribution in [0.1, 0.15) is 50.4 Å². The van der Waals surface area contributed by atoms with Gasteiger partial charge in [-0.25, -0.2) is 9.97 Å². The van der Waals surface area contributed by atoms with Crippen LogP contribution < -0.4 is 0 Å². The van der Waals surface area contributed by atoms with E-state index in [0.717, 1.165) is 29.9 Å². The van der Waals surface area contributed by atoms with Crippen molar-refractivity contribution in [3.63, 3.8) is 0 Å². The molecular formula is C12H20N2O. The minimum atomic E-state index is -0.482. The van der Waals surface area contributed by atoms with Crippen LogP contribution in [0.25, 0.3) is 0 Å². The molecule has 1 N–H and O–H groups in total. The number of aliphatic hydroxyl groups is 1. The van der Waals surface area contributed by atoms with E-state index in [1.807, 2.05) is 6.92 Å². The summed E-state index contributed by atoms with van der Waals surface area (Å²) < 4.78 is 0. The van der Waals surface area contributed by atoms with Gasteiger partial charge in [-0.15, -0.1) is 0 Å². The molecule has 84 valence electrons. The summed E-state index contributed by atoms with van der Waals surface area (Å²) in [7, 11) is 0. The van der Waals surface area contributed by atoms with E-state index in [0.29, 0.717) is 5.92 Å². The molecule has 3 heteroatoms. The summed E-state index contributed by atoms with van der Waals surface area (Å²) in [5, 5.41) is 9.43.